The maximum Gasteiger partial charge on any atom is 0.0963 e. The molecule has 2 nitrogen and oxygen atoms in total. The van der Waals surface area contributed by atoms with Crippen molar-refractivity contribution in [1.29, 1.82) is 5.26 Å². The summed E-state index contributed by atoms with van der Waals surface area (Å²) >= 11 is 7.47. The molecule has 0 unspecified atom stereocenters. The van der Waals surface area contributed by atoms with Crippen molar-refractivity contribution in [2.45, 2.75) is 19.8 Å². The van der Waals surface area contributed by atoms with Crippen molar-refractivity contribution in [2.24, 2.45) is 0 Å². The molecule has 0 bridgehead atoms. The summed E-state index contributed by atoms with van der Waals surface area (Å²) in [7, 11) is 0. The molecule has 0 aliphatic heterocycles. The van der Waals surface area contributed by atoms with Crippen LogP contribution in [0.4, 0.5) is 0 Å². The van der Waals surface area contributed by atoms with Crippen LogP contribution in [0.3, 0.4) is 0 Å². The summed E-state index contributed by atoms with van der Waals surface area (Å²) in [6.07, 6.45) is 3.34. The number of aromatic nitrogens is 1. The zero-order chi connectivity index (χ0) is 9.68. The highest BCUT2D eigenvalue weighted by atomic mass is 35.5. The minimum Gasteiger partial charge on any atom is -0.252 e. The lowest BCUT2D eigenvalue weighted by Crippen LogP contribution is -1.81. The zero-order valence-electron chi connectivity index (χ0n) is 7.25. The maximum atomic E-state index is 8.82. The molecule has 0 N–H and O–H groups in total. The first kappa shape index (κ1) is 10.2. The molecule has 0 aliphatic rings. The first-order valence-electron chi connectivity index (χ1n) is 3.97. The second-order valence-electron chi connectivity index (χ2n) is 2.52. The fourth-order valence-corrected chi connectivity index (χ4v) is 1.84. The molecule has 1 heterocycles. The molecule has 1 rings (SSSR count). The Morgan fingerprint density at radius 2 is 2.54 bits per heavy atom. The minimum absolute atomic E-state index is 0.548. The van der Waals surface area contributed by atoms with Crippen LogP contribution >= 0.6 is 22.9 Å². The van der Waals surface area contributed by atoms with Gasteiger partial charge in [-0.15, -0.1) is 11.3 Å². The predicted octanol–water partition coefficient (Wildman–Crippen LogP) is 3.42. The van der Waals surface area contributed by atoms with Gasteiger partial charge in [0, 0.05) is 11.8 Å². The van der Waals surface area contributed by atoms with Crippen molar-refractivity contribution in [2.75, 3.05) is 0 Å². The van der Waals surface area contributed by atoms with Gasteiger partial charge in [0.05, 0.1) is 21.5 Å². The van der Waals surface area contributed by atoms with Crippen LogP contribution in [0.1, 0.15) is 24.6 Å². The normalized spacial score (nSPS) is 12.1. The number of nitrogens with zero attached hydrogens (tertiary/aromatic N) is 2. The lowest BCUT2D eigenvalue weighted by molar-refractivity contribution is 0.933. The van der Waals surface area contributed by atoms with Gasteiger partial charge in [0.2, 0.25) is 0 Å². The van der Waals surface area contributed by atoms with Crippen molar-refractivity contribution in [3.8, 4) is 6.07 Å². The third-order valence-electron chi connectivity index (χ3n) is 1.55. The van der Waals surface area contributed by atoms with E-state index < -0.39 is 0 Å². The first-order chi connectivity index (χ1) is 6.29. The van der Waals surface area contributed by atoms with Crippen molar-refractivity contribution in [3.63, 3.8) is 0 Å². The van der Waals surface area contributed by atoms with Gasteiger partial charge in [-0.05, 0) is 6.42 Å². The number of thiazole rings is 1. The van der Waals surface area contributed by atoms with Crippen LogP contribution in [-0.4, -0.2) is 4.98 Å². The summed E-state index contributed by atoms with van der Waals surface area (Å²) in [5.41, 5.74) is 2.35. The van der Waals surface area contributed by atoms with E-state index >= 15 is 0 Å². The quantitative estimate of drug-likeness (QED) is 0.720. The fraction of sp³-hybridized carbons (Fsp3) is 0.333. The van der Waals surface area contributed by atoms with Gasteiger partial charge in [0.25, 0.3) is 0 Å². The Labute approximate surface area is 86.5 Å². The number of nitriles is 1. The van der Waals surface area contributed by atoms with E-state index in [4.69, 9.17) is 16.9 Å². The Morgan fingerprint density at radius 3 is 3.00 bits per heavy atom. The van der Waals surface area contributed by atoms with Gasteiger partial charge in [-0.25, -0.2) is 0 Å². The number of rotatable bonds is 3. The summed E-state index contributed by atoms with van der Waals surface area (Å²) in [6, 6.07) is 2.12. The SMILES string of the molecule is CCC/C(C#N)=C(\Cl)c1cncs1. The van der Waals surface area contributed by atoms with E-state index in [2.05, 4.69) is 11.1 Å². The van der Waals surface area contributed by atoms with Gasteiger partial charge in [0.15, 0.2) is 0 Å². The average Bonchev–Trinajstić information content (AvgIpc) is 2.65. The first-order valence-corrected chi connectivity index (χ1v) is 5.23. The second kappa shape index (κ2) is 5.00. The molecule has 0 aliphatic carbocycles. The van der Waals surface area contributed by atoms with Gasteiger partial charge >= 0.3 is 0 Å². The van der Waals surface area contributed by atoms with E-state index in [0.717, 1.165) is 17.7 Å². The highest BCUT2D eigenvalue weighted by Gasteiger charge is 2.06. The largest absolute Gasteiger partial charge is 0.252 e. The van der Waals surface area contributed by atoms with Crippen molar-refractivity contribution < 1.29 is 0 Å². The molecule has 0 aromatic carbocycles. The van der Waals surface area contributed by atoms with E-state index in [0.29, 0.717) is 10.6 Å². The molecule has 0 radical (unpaired) electrons. The highest BCUT2D eigenvalue weighted by molar-refractivity contribution is 7.11. The summed E-state index contributed by atoms with van der Waals surface area (Å²) in [5.74, 6) is 0. The van der Waals surface area contributed by atoms with Gasteiger partial charge < -0.3 is 0 Å². The Bertz CT molecular complexity index is 335. The van der Waals surface area contributed by atoms with Crippen LogP contribution in [0.25, 0.3) is 5.03 Å². The predicted molar refractivity (Wildman–Crippen MR) is 55.4 cm³/mol. The topological polar surface area (TPSA) is 36.7 Å². The number of hydrogen-bond acceptors (Lipinski definition) is 3. The molecule has 13 heavy (non-hydrogen) atoms. The van der Waals surface area contributed by atoms with E-state index in [1.807, 2.05) is 6.92 Å². The van der Waals surface area contributed by atoms with Crippen LogP contribution < -0.4 is 0 Å². The number of halogens is 1. The Morgan fingerprint density at radius 1 is 1.77 bits per heavy atom. The standard InChI is InChI=1S/C9H9ClN2S/c1-2-3-7(4-11)9(10)8-5-12-6-13-8/h5-6H,2-3H2,1H3/b9-7+. The van der Waals surface area contributed by atoms with E-state index in [-0.39, 0.29) is 0 Å². The molecule has 68 valence electrons. The molecule has 0 amide bonds. The Kier molecular flexibility index (Phi) is 3.94. The van der Waals surface area contributed by atoms with Gasteiger partial charge in [-0.1, -0.05) is 24.9 Å². The minimum atomic E-state index is 0.548. The fourth-order valence-electron chi connectivity index (χ4n) is 0.938. The van der Waals surface area contributed by atoms with Crippen molar-refractivity contribution in [1.82, 2.24) is 4.98 Å². The van der Waals surface area contributed by atoms with E-state index in [1.54, 1.807) is 11.7 Å². The van der Waals surface area contributed by atoms with Gasteiger partial charge in [0.1, 0.15) is 0 Å². The van der Waals surface area contributed by atoms with Gasteiger partial charge in [-0.3, -0.25) is 4.98 Å². The molecular weight excluding hydrogens is 204 g/mol. The van der Waals surface area contributed by atoms with Gasteiger partial charge in [-0.2, -0.15) is 5.26 Å². The molecule has 0 saturated heterocycles. The summed E-state index contributed by atoms with van der Waals surface area (Å²) < 4.78 is 0. The molecule has 0 spiro atoms. The zero-order valence-corrected chi connectivity index (χ0v) is 8.82. The smallest absolute Gasteiger partial charge is 0.0963 e. The van der Waals surface area contributed by atoms with Crippen LogP contribution in [0.15, 0.2) is 17.3 Å². The summed E-state index contributed by atoms with van der Waals surface area (Å²) in [6.45, 7) is 2.02. The number of allylic oxidation sites excluding steroid dienone is 1. The molecule has 4 heteroatoms. The summed E-state index contributed by atoms with van der Waals surface area (Å²) in [5, 5.41) is 9.37. The number of hydrogen-bond donors (Lipinski definition) is 0. The Hall–Kier alpha value is -0.850. The van der Waals surface area contributed by atoms with Crippen molar-refractivity contribution >= 4 is 28.0 Å². The van der Waals surface area contributed by atoms with E-state index in [1.165, 1.54) is 11.3 Å². The lowest BCUT2D eigenvalue weighted by Gasteiger charge is -1.97. The van der Waals surface area contributed by atoms with E-state index in [9.17, 15) is 0 Å². The maximum absolute atomic E-state index is 8.82. The molecule has 1 aromatic rings. The monoisotopic (exact) mass is 212 g/mol. The molecule has 0 atom stereocenters. The molecular formula is C9H9ClN2S. The Balaban J connectivity index is 2.96. The average molecular weight is 213 g/mol. The van der Waals surface area contributed by atoms with Crippen LogP contribution in [-0.2, 0) is 0 Å². The summed E-state index contributed by atoms with van der Waals surface area (Å²) in [4.78, 5) is 4.78. The second-order valence-corrected chi connectivity index (χ2v) is 3.78. The van der Waals surface area contributed by atoms with Crippen molar-refractivity contribution in [3.05, 3.63) is 22.2 Å². The molecule has 0 fully saturated rings. The molecule has 0 saturated carbocycles. The highest BCUT2D eigenvalue weighted by Crippen LogP contribution is 2.27. The molecule has 1 aromatic heterocycles. The van der Waals surface area contributed by atoms with Crippen LogP contribution in [0.2, 0.25) is 0 Å². The van der Waals surface area contributed by atoms with Crippen LogP contribution in [0.5, 0.6) is 0 Å². The van der Waals surface area contributed by atoms with Crippen LogP contribution in [0, 0.1) is 11.3 Å². The third kappa shape index (κ3) is 2.55. The lowest BCUT2D eigenvalue weighted by atomic mass is 10.1. The third-order valence-corrected chi connectivity index (χ3v) is 2.88.